The fourth-order valence-electron chi connectivity index (χ4n) is 2.68. The highest BCUT2D eigenvalue weighted by molar-refractivity contribution is 5.83. The van der Waals surface area contributed by atoms with Crippen molar-refractivity contribution in [3.63, 3.8) is 0 Å². The number of hydrogen-bond donors (Lipinski definition) is 0. The molecule has 0 spiro atoms. The van der Waals surface area contributed by atoms with Crippen molar-refractivity contribution in [1.29, 1.82) is 0 Å². The molecule has 4 rings (SSSR count). The maximum absolute atomic E-state index is 13.5. The third kappa shape index (κ3) is 2.65. The molecule has 0 aliphatic carbocycles. The third-order valence-corrected chi connectivity index (χ3v) is 3.88. The molecule has 0 radical (unpaired) electrons. The summed E-state index contributed by atoms with van der Waals surface area (Å²) in [7, 11) is 1.73. The zero-order chi connectivity index (χ0) is 17.6. The molecule has 0 aliphatic rings. The normalized spacial score (nSPS) is 11.6. The number of rotatable bonds is 3. The minimum atomic E-state index is -2.67. The fourth-order valence-corrected chi connectivity index (χ4v) is 2.68. The predicted molar refractivity (Wildman–Crippen MR) is 86.0 cm³/mol. The standard InChI is InChI=1S/C17H12F3N5/c1-24-9-10(7-21-24)15-6-13(16(19)20)14-8-22-25(17(14)23-15)12-4-2-11(18)3-5-12/h2-9,16H,1H3. The quantitative estimate of drug-likeness (QED) is 0.567. The molecule has 0 unspecified atom stereocenters. The number of benzene rings is 1. The van der Waals surface area contributed by atoms with Crippen LogP contribution in [0, 0.1) is 5.82 Å². The Bertz CT molecular complexity index is 1050. The zero-order valence-electron chi connectivity index (χ0n) is 13.1. The van der Waals surface area contributed by atoms with E-state index in [0.717, 1.165) is 0 Å². The Hall–Kier alpha value is -3.16. The van der Waals surface area contributed by atoms with Gasteiger partial charge in [0.25, 0.3) is 6.43 Å². The van der Waals surface area contributed by atoms with Gasteiger partial charge in [-0.1, -0.05) is 0 Å². The summed E-state index contributed by atoms with van der Waals surface area (Å²) in [4.78, 5) is 4.48. The number of halogens is 3. The summed E-state index contributed by atoms with van der Waals surface area (Å²) in [5.41, 5.74) is 1.66. The summed E-state index contributed by atoms with van der Waals surface area (Å²) in [6, 6.07) is 6.94. The Morgan fingerprint density at radius 3 is 2.44 bits per heavy atom. The lowest BCUT2D eigenvalue weighted by Crippen LogP contribution is -1.99. The minimum absolute atomic E-state index is 0.155. The molecule has 0 bridgehead atoms. The van der Waals surface area contributed by atoms with Gasteiger partial charge in [0, 0.05) is 29.8 Å². The Balaban J connectivity index is 1.97. The number of aromatic nitrogens is 5. The van der Waals surface area contributed by atoms with Gasteiger partial charge in [0.1, 0.15) is 5.82 Å². The number of pyridine rings is 1. The van der Waals surface area contributed by atoms with Crippen LogP contribution in [-0.2, 0) is 7.05 Å². The van der Waals surface area contributed by atoms with Crippen LogP contribution < -0.4 is 0 Å². The van der Waals surface area contributed by atoms with Gasteiger partial charge in [-0.05, 0) is 30.3 Å². The molecule has 1 aromatic carbocycles. The van der Waals surface area contributed by atoms with E-state index in [0.29, 0.717) is 16.9 Å². The van der Waals surface area contributed by atoms with E-state index >= 15 is 0 Å². The summed E-state index contributed by atoms with van der Waals surface area (Å²) in [6.07, 6.45) is 1.93. The SMILES string of the molecule is Cn1cc(-c2cc(C(F)F)c3cnn(-c4ccc(F)cc4)c3n2)cn1. The van der Waals surface area contributed by atoms with Crippen LogP contribution in [-0.4, -0.2) is 24.5 Å². The second-order valence-corrected chi connectivity index (χ2v) is 5.57. The molecule has 0 amide bonds. The molecule has 3 heterocycles. The summed E-state index contributed by atoms with van der Waals surface area (Å²) in [5, 5.41) is 8.46. The molecule has 0 atom stereocenters. The van der Waals surface area contributed by atoms with E-state index in [-0.39, 0.29) is 16.6 Å². The highest BCUT2D eigenvalue weighted by Gasteiger charge is 2.19. The first-order chi connectivity index (χ1) is 12.0. The largest absolute Gasteiger partial charge is 0.275 e. The molecule has 25 heavy (non-hydrogen) atoms. The van der Waals surface area contributed by atoms with Crippen molar-refractivity contribution in [2.45, 2.75) is 6.43 Å². The van der Waals surface area contributed by atoms with Gasteiger partial charge in [-0.15, -0.1) is 0 Å². The number of alkyl halides is 2. The summed E-state index contributed by atoms with van der Waals surface area (Å²) in [6.45, 7) is 0. The Kier molecular flexibility index (Phi) is 3.52. The molecular formula is C17H12F3N5. The molecule has 0 saturated carbocycles. The van der Waals surface area contributed by atoms with Gasteiger partial charge in [-0.2, -0.15) is 10.2 Å². The van der Waals surface area contributed by atoms with Crippen molar-refractivity contribution in [1.82, 2.24) is 24.5 Å². The van der Waals surface area contributed by atoms with E-state index in [4.69, 9.17) is 0 Å². The topological polar surface area (TPSA) is 48.5 Å². The molecule has 0 aliphatic heterocycles. The fraction of sp³-hybridized carbons (Fsp3) is 0.118. The van der Waals surface area contributed by atoms with Crippen LogP contribution in [0.5, 0.6) is 0 Å². The van der Waals surface area contributed by atoms with Crippen molar-refractivity contribution in [3.8, 4) is 16.9 Å². The third-order valence-electron chi connectivity index (χ3n) is 3.88. The van der Waals surface area contributed by atoms with Crippen molar-refractivity contribution in [2.75, 3.05) is 0 Å². The highest BCUT2D eigenvalue weighted by Crippen LogP contribution is 2.31. The first-order valence-corrected chi connectivity index (χ1v) is 7.45. The van der Waals surface area contributed by atoms with E-state index in [1.54, 1.807) is 24.1 Å². The molecule has 0 N–H and O–H groups in total. The molecule has 3 aromatic heterocycles. The van der Waals surface area contributed by atoms with Gasteiger partial charge in [0.15, 0.2) is 5.65 Å². The number of hydrogen-bond acceptors (Lipinski definition) is 3. The predicted octanol–water partition coefficient (Wildman–Crippen LogP) is 3.90. The number of fused-ring (bicyclic) bond motifs is 1. The Labute approximate surface area is 140 Å². The Morgan fingerprint density at radius 1 is 1.04 bits per heavy atom. The van der Waals surface area contributed by atoms with Crippen molar-refractivity contribution in [2.24, 2.45) is 7.05 Å². The van der Waals surface area contributed by atoms with Crippen LogP contribution in [0.3, 0.4) is 0 Å². The first kappa shape index (κ1) is 15.4. The molecule has 4 aromatic rings. The zero-order valence-corrected chi connectivity index (χ0v) is 13.1. The maximum Gasteiger partial charge on any atom is 0.264 e. The lowest BCUT2D eigenvalue weighted by Gasteiger charge is -2.07. The van der Waals surface area contributed by atoms with Crippen LogP contribution in [0.2, 0.25) is 0 Å². The lowest BCUT2D eigenvalue weighted by molar-refractivity contribution is 0.153. The van der Waals surface area contributed by atoms with Gasteiger partial charge < -0.3 is 0 Å². The van der Waals surface area contributed by atoms with E-state index in [9.17, 15) is 13.2 Å². The first-order valence-electron chi connectivity index (χ1n) is 7.45. The molecule has 126 valence electrons. The van der Waals surface area contributed by atoms with Crippen LogP contribution in [0.1, 0.15) is 12.0 Å². The van der Waals surface area contributed by atoms with Crippen molar-refractivity contribution < 1.29 is 13.2 Å². The van der Waals surface area contributed by atoms with Gasteiger partial charge in [0.2, 0.25) is 0 Å². The number of nitrogens with zero attached hydrogens (tertiary/aromatic N) is 5. The monoisotopic (exact) mass is 343 g/mol. The average Bonchev–Trinajstić information content (AvgIpc) is 3.21. The molecule has 5 nitrogen and oxygen atoms in total. The van der Waals surface area contributed by atoms with Crippen molar-refractivity contribution in [3.05, 3.63) is 60.3 Å². The second-order valence-electron chi connectivity index (χ2n) is 5.57. The van der Waals surface area contributed by atoms with Gasteiger partial charge >= 0.3 is 0 Å². The van der Waals surface area contributed by atoms with Crippen LogP contribution >= 0.6 is 0 Å². The maximum atomic E-state index is 13.5. The highest BCUT2D eigenvalue weighted by atomic mass is 19.3. The van der Waals surface area contributed by atoms with E-state index in [2.05, 4.69) is 15.2 Å². The van der Waals surface area contributed by atoms with Gasteiger partial charge in [-0.3, -0.25) is 4.68 Å². The average molecular weight is 343 g/mol. The van der Waals surface area contributed by atoms with Crippen LogP contribution in [0.15, 0.2) is 48.9 Å². The van der Waals surface area contributed by atoms with Crippen LogP contribution in [0.4, 0.5) is 13.2 Å². The van der Waals surface area contributed by atoms with Gasteiger partial charge in [0.05, 0.1) is 23.8 Å². The van der Waals surface area contributed by atoms with Crippen LogP contribution in [0.25, 0.3) is 28.0 Å². The lowest BCUT2D eigenvalue weighted by atomic mass is 10.1. The van der Waals surface area contributed by atoms with E-state index in [1.165, 1.54) is 41.2 Å². The van der Waals surface area contributed by atoms with E-state index in [1.807, 2.05) is 0 Å². The van der Waals surface area contributed by atoms with Crippen molar-refractivity contribution >= 4 is 11.0 Å². The number of aryl methyl sites for hydroxylation is 1. The van der Waals surface area contributed by atoms with E-state index < -0.39 is 12.2 Å². The summed E-state index contributed by atoms with van der Waals surface area (Å²) >= 11 is 0. The molecule has 0 fully saturated rings. The summed E-state index contributed by atoms with van der Waals surface area (Å²) < 4.78 is 43.2. The molecular weight excluding hydrogens is 331 g/mol. The smallest absolute Gasteiger partial charge is 0.264 e. The summed E-state index contributed by atoms with van der Waals surface area (Å²) in [5.74, 6) is -0.391. The Morgan fingerprint density at radius 2 is 1.80 bits per heavy atom. The minimum Gasteiger partial charge on any atom is -0.275 e. The molecule has 8 heteroatoms. The van der Waals surface area contributed by atoms with Gasteiger partial charge in [-0.25, -0.2) is 22.8 Å². The molecule has 0 saturated heterocycles. The second kappa shape index (κ2) is 5.73.